The molecule has 8 atom stereocenters. The smallest absolute Gasteiger partial charge is 0.270 e. The fourth-order valence-corrected chi connectivity index (χ4v) is 8.31. The standard InChI is InChI=1S/C24H34F2N4O3/c1-22(33)8-7-14-13(9-22)3-4-15-16(14)10-24(25,26)23(2)17(15)5-6-18(23)20(31)12-30-11-19(21(27)32)28-29-30/h11,13-18,33H,3-10,12H2,1-2H3,(H2,27,32)/t13-,14?,15-,16-,17+,18-,22-,23+/m1/s1. The van der Waals surface area contributed by atoms with Gasteiger partial charge < -0.3 is 10.8 Å². The first kappa shape index (κ1) is 22.9. The highest BCUT2D eigenvalue weighted by molar-refractivity contribution is 5.90. The average molecular weight is 465 g/mol. The summed E-state index contributed by atoms with van der Waals surface area (Å²) in [6, 6.07) is 0. The molecule has 1 unspecified atom stereocenters. The van der Waals surface area contributed by atoms with Crippen LogP contribution in [0.5, 0.6) is 0 Å². The van der Waals surface area contributed by atoms with Crippen molar-refractivity contribution in [2.45, 2.75) is 83.3 Å². The zero-order chi connectivity index (χ0) is 23.8. The molecule has 33 heavy (non-hydrogen) atoms. The largest absolute Gasteiger partial charge is 0.390 e. The Kier molecular flexibility index (Phi) is 5.23. The third-order valence-corrected chi connectivity index (χ3v) is 9.85. The van der Waals surface area contributed by atoms with Gasteiger partial charge in [0.1, 0.15) is 6.54 Å². The van der Waals surface area contributed by atoms with Crippen LogP contribution in [0.4, 0.5) is 8.78 Å². The zero-order valence-corrected chi connectivity index (χ0v) is 19.3. The number of carbonyl (C=O) groups is 2. The van der Waals surface area contributed by atoms with E-state index in [1.807, 2.05) is 6.92 Å². The first-order valence-electron chi connectivity index (χ1n) is 12.3. The number of carbonyl (C=O) groups excluding carboxylic acids is 2. The monoisotopic (exact) mass is 464 g/mol. The van der Waals surface area contributed by atoms with Crippen molar-refractivity contribution >= 4 is 11.7 Å². The van der Waals surface area contributed by atoms with Gasteiger partial charge in [0.25, 0.3) is 11.8 Å². The van der Waals surface area contributed by atoms with Crippen molar-refractivity contribution in [1.82, 2.24) is 15.0 Å². The number of alkyl halides is 2. The van der Waals surface area contributed by atoms with Gasteiger partial charge in [0.2, 0.25) is 0 Å². The van der Waals surface area contributed by atoms with Crippen molar-refractivity contribution in [2.24, 2.45) is 46.7 Å². The summed E-state index contributed by atoms with van der Waals surface area (Å²) < 4.78 is 33.2. The van der Waals surface area contributed by atoms with Gasteiger partial charge in [-0.3, -0.25) is 9.59 Å². The van der Waals surface area contributed by atoms with Gasteiger partial charge in [-0.1, -0.05) is 12.1 Å². The summed E-state index contributed by atoms with van der Waals surface area (Å²) in [4.78, 5) is 24.5. The summed E-state index contributed by atoms with van der Waals surface area (Å²) in [6.45, 7) is 3.32. The van der Waals surface area contributed by atoms with Crippen LogP contribution in [0.3, 0.4) is 0 Å². The Morgan fingerprint density at radius 1 is 1.12 bits per heavy atom. The van der Waals surface area contributed by atoms with Gasteiger partial charge >= 0.3 is 0 Å². The molecule has 3 N–H and O–H groups in total. The lowest BCUT2D eigenvalue weighted by Gasteiger charge is -2.59. The number of nitrogens with zero attached hydrogens (tertiary/aromatic N) is 3. The van der Waals surface area contributed by atoms with E-state index in [9.17, 15) is 14.7 Å². The summed E-state index contributed by atoms with van der Waals surface area (Å²) in [5.41, 5.74) is 3.10. The van der Waals surface area contributed by atoms with Gasteiger partial charge in [-0.05, 0) is 81.5 Å². The molecular weight excluding hydrogens is 430 g/mol. The number of aliphatic hydroxyl groups is 1. The predicted molar refractivity (Wildman–Crippen MR) is 115 cm³/mol. The molecule has 182 valence electrons. The molecule has 4 aliphatic carbocycles. The van der Waals surface area contributed by atoms with E-state index >= 15 is 8.78 Å². The number of aromatic nitrogens is 3. The molecule has 0 radical (unpaired) electrons. The number of rotatable bonds is 4. The minimum absolute atomic E-state index is 0.0322. The van der Waals surface area contributed by atoms with Crippen molar-refractivity contribution < 1.29 is 23.5 Å². The molecule has 0 spiro atoms. The summed E-state index contributed by atoms with van der Waals surface area (Å²) in [7, 11) is 0. The summed E-state index contributed by atoms with van der Waals surface area (Å²) in [5.74, 6) is -4.13. The van der Waals surface area contributed by atoms with Gasteiger partial charge in [0, 0.05) is 17.8 Å². The van der Waals surface area contributed by atoms with Gasteiger partial charge in [-0.25, -0.2) is 13.5 Å². The molecule has 4 aliphatic rings. The van der Waals surface area contributed by atoms with E-state index in [1.165, 1.54) is 10.9 Å². The molecule has 0 aromatic carbocycles. The van der Waals surface area contributed by atoms with Crippen molar-refractivity contribution in [2.75, 3.05) is 0 Å². The number of ketones is 1. The van der Waals surface area contributed by atoms with Crippen LogP contribution in [0.15, 0.2) is 6.20 Å². The van der Waals surface area contributed by atoms with Gasteiger partial charge in [-0.15, -0.1) is 5.10 Å². The third-order valence-electron chi connectivity index (χ3n) is 9.85. The number of halogens is 2. The Hall–Kier alpha value is -1.90. The molecule has 4 fully saturated rings. The number of fused-ring (bicyclic) bond motifs is 5. The number of Topliss-reactive ketones (excluding diaryl/α,β-unsaturated/α-hetero) is 1. The Bertz CT molecular complexity index is 963. The molecule has 1 aromatic rings. The maximum absolute atomic E-state index is 16.0. The van der Waals surface area contributed by atoms with Crippen LogP contribution in [0.2, 0.25) is 0 Å². The Balaban J connectivity index is 1.38. The second-order valence-electron chi connectivity index (χ2n) is 11.6. The zero-order valence-electron chi connectivity index (χ0n) is 19.3. The fourth-order valence-electron chi connectivity index (χ4n) is 8.31. The SMILES string of the molecule is C[C@@]1(O)CCC2[C@H](CC[C@@H]3[C@@H]2CC(F)(F)[C@]2(C)[C@@H](C(=O)Cn4cc(C(N)=O)nn4)CC[C@@H]32)C1. The fraction of sp³-hybridized carbons (Fsp3) is 0.833. The average Bonchev–Trinajstić information content (AvgIpc) is 3.32. The summed E-state index contributed by atoms with van der Waals surface area (Å²) in [6.07, 6.45) is 6.32. The van der Waals surface area contributed by atoms with Gasteiger partial charge in [0.15, 0.2) is 11.5 Å². The first-order valence-corrected chi connectivity index (χ1v) is 12.3. The molecule has 0 bridgehead atoms. The predicted octanol–water partition coefficient (Wildman–Crippen LogP) is 3.21. The quantitative estimate of drug-likeness (QED) is 0.711. The van der Waals surface area contributed by atoms with Crippen LogP contribution in [-0.4, -0.2) is 43.3 Å². The third kappa shape index (κ3) is 3.53. The summed E-state index contributed by atoms with van der Waals surface area (Å²) >= 11 is 0. The van der Waals surface area contributed by atoms with E-state index in [4.69, 9.17) is 5.73 Å². The van der Waals surface area contributed by atoms with E-state index in [-0.39, 0.29) is 48.1 Å². The van der Waals surface area contributed by atoms with Crippen LogP contribution < -0.4 is 5.73 Å². The highest BCUT2D eigenvalue weighted by Gasteiger charge is 2.70. The molecule has 1 aromatic heterocycles. The minimum atomic E-state index is -2.93. The molecule has 4 saturated carbocycles. The molecular formula is C24H34F2N4O3. The van der Waals surface area contributed by atoms with Crippen LogP contribution in [0.1, 0.15) is 75.7 Å². The molecule has 1 heterocycles. The molecule has 0 saturated heterocycles. The second kappa shape index (κ2) is 7.55. The normalized spacial score (nSPS) is 43.9. The van der Waals surface area contributed by atoms with Gasteiger partial charge in [0.05, 0.1) is 11.8 Å². The molecule has 7 nitrogen and oxygen atoms in total. The number of hydrogen-bond donors (Lipinski definition) is 2. The highest BCUT2D eigenvalue weighted by Crippen LogP contribution is 2.69. The lowest BCUT2D eigenvalue weighted by atomic mass is 9.47. The van der Waals surface area contributed by atoms with Crippen LogP contribution in [-0.2, 0) is 11.3 Å². The van der Waals surface area contributed by atoms with Crippen molar-refractivity contribution in [1.29, 1.82) is 0 Å². The van der Waals surface area contributed by atoms with Crippen molar-refractivity contribution in [3.05, 3.63) is 11.9 Å². The first-order chi connectivity index (χ1) is 15.4. The number of nitrogens with two attached hydrogens (primary N) is 1. The Labute approximate surface area is 192 Å². The van der Waals surface area contributed by atoms with E-state index in [1.54, 1.807) is 6.92 Å². The highest BCUT2D eigenvalue weighted by atomic mass is 19.3. The van der Waals surface area contributed by atoms with Crippen molar-refractivity contribution in [3.8, 4) is 0 Å². The van der Waals surface area contributed by atoms with E-state index in [0.29, 0.717) is 31.6 Å². The van der Waals surface area contributed by atoms with E-state index < -0.39 is 28.8 Å². The van der Waals surface area contributed by atoms with E-state index in [0.717, 1.165) is 19.3 Å². The lowest BCUT2D eigenvalue weighted by Crippen LogP contribution is -2.59. The molecule has 0 aliphatic heterocycles. The van der Waals surface area contributed by atoms with Crippen LogP contribution in [0, 0.1) is 40.9 Å². The van der Waals surface area contributed by atoms with E-state index in [2.05, 4.69) is 10.3 Å². The van der Waals surface area contributed by atoms with Crippen molar-refractivity contribution in [3.63, 3.8) is 0 Å². The number of amides is 1. The van der Waals surface area contributed by atoms with Crippen LogP contribution in [0.25, 0.3) is 0 Å². The molecule has 1 amide bonds. The maximum atomic E-state index is 16.0. The number of hydrogen-bond acceptors (Lipinski definition) is 5. The Morgan fingerprint density at radius 3 is 2.58 bits per heavy atom. The molecule has 5 rings (SSSR count). The second-order valence-corrected chi connectivity index (χ2v) is 11.6. The Morgan fingerprint density at radius 2 is 1.88 bits per heavy atom. The van der Waals surface area contributed by atoms with Crippen LogP contribution >= 0.6 is 0 Å². The molecule has 9 heteroatoms. The maximum Gasteiger partial charge on any atom is 0.270 e. The number of primary amides is 1. The topological polar surface area (TPSA) is 111 Å². The van der Waals surface area contributed by atoms with Gasteiger partial charge in [-0.2, -0.15) is 0 Å². The minimum Gasteiger partial charge on any atom is -0.390 e. The summed E-state index contributed by atoms with van der Waals surface area (Å²) in [5, 5.41) is 17.9. The lowest BCUT2D eigenvalue weighted by molar-refractivity contribution is -0.228.